The summed E-state index contributed by atoms with van der Waals surface area (Å²) in [5, 5.41) is 4.77. The van der Waals surface area contributed by atoms with Crippen LogP contribution in [0.5, 0.6) is 0 Å². The van der Waals surface area contributed by atoms with E-state index in [0.29, 0.717) is 5.95 Å². The largest absolute Gasteiger partial charge is 0.278 e. The first-order valence-corrected chi connectivity index (χ1v) is 18.0. The molecule has 0 radical (unpaired) electrons. The van der Waals surface area contributed by atoms with Crippen molar-refractivity contribution in [1.82, 2.24) is 14.5 Å². The molecule has 0 bridgehead atoms. The van der Waals surface area contributed by atoms with E-state index in [0.717, 1.165) is 50.1 Å². The van der Waals surface area contributed by atoms with Crippen molar-refractivity contribution in [3.8, 4) is 61.8 Å². The van der Waals surface area contributed by atoms with E-state index in [4.69, 9.17) is 9.97 Å². The second-order valence-corrected chi connectivity index (χ2v) is 13.4. The van der Waals surface area contributed by atoms with Crippen LogP contribution in [0, 0.1) is 0 Å². The molecular formula is C50H33N3. The van der Waals surface area contributed by atoms with E-state index >= 15 is 0 Å². The summed E-state index contributed by atoms with van der Waals surface area (Å²) >= 11 is 0. The monoisotopic (exact) mass is 675 g/mol. The highest BCUT2D eigenvalue weighted by molar-refractivity contribution is 6.24. The molecule has 0 unspecified atom stereocenters. The maximum absolute atomic E-state index is 5.35. The van der Waals surface area contributed by atoms with Gasteiger partial charge >= 0.3 is 0 Å². The lowest BCUT2D eigenvalue weighted by Gasteiger charge is -2.13. The SMILES string of the molecule is c1ccc(-c2ccc(-c3ccc4c5c6ccccc6c(-c6ccccc6)cc5n(-c5nc(-c6ccccc6)cc(-c6ccccc6)n5)c4c3)cc2)cc1. The number of fused-ring (bicyclic) bond motifs is 5. The van der Waals surface area contributed by atoms with Crippen molar-refractivity contribution < 1.29 is 0 Å². The van der Waals surface area contributed by atoms with Crippen molar-refractivity contribution in [2.24, 2.45) is 0 Å². The van der Waals surface area contributed by atoms with Crippen LogP contribution >= 0.6 is 0 Å². The quantitative estimate of drug-likeness (QED) is 0.176. The minimum atomic E-state index is 0.635. The molecule has 2 aromatic heterocycles. The molecule has 0 atom stereocenters. The summed E-state index contributed by atoms with van der Waals surface area (Å²) in [6.07, 6.45) is 0. The van der Waals surface area contributed by atoms with E-state index in [1.807, 2.05) is 12.1 Å². The standard InChI is InChI=1S/C50H33N3/c1-5-15-34(16-6-1)35-25-27-36(28-26-35)40-29-30-43-47(31-40)53(48-32-44(37-17-7-2-8-18-37)41-23-13-14-24-42(41)49(43)48)50-51-45(38-19-9-3-10-20-38)33-46(52-50)39-21-11-4-12-22-39/h1-33H. The summed E-state index contributed by atoms with van der Waals surface area (Å²) in [5.74, 6) is 0.635. The van der Waals surface area contributed by atoms with E-state index in [9.17, 15) is 0 Å². The second-order valence-electron chi connectivity index (χ2n) is 13.4. The second kappa shape index (κ2) is 12.9. The van der Waals surface area contributed by atoms with Gasteiger partial charge in [0.2, 0.25) is 5.95 Å². The normalized spacial score (nSPS) is 11.4. The summed E-state index contributed by atoms with van der Waals surface area (Å²) in [6.45, 7) is 0. The molecule has 3 heteroatoms. The Morgan fingerprint density at radius 1 is 0.302 bits per heavy atom. The fourth-order valence-corrected chi connectivity index (χ4v) is 7.66. The first-order valence-electron chi connectivity index (χ1n) is 18.0. The Hall–Kier alpha value is -7.10. The molecule has 2 heterocycles. The molecule has 0 saturated carbocycles. The van der Waals surface area contributed by atoms with Crippen LogP contribution in [0.1, 0.15) is 0 Å². The number of hydrogen-bond acceptors (Lipinski definition) is 2. The predicted molar refractivity (Wildman–Crippen MR) is 221 cm³/mol. The zero-order chi connectivity index (χ0) is 35.1. The first-order chi connectivity index (χ1) is 26.3. The van der Waals surface area contributed by atoms with Gasteiger partial charge in [0, 0.05) is 21.9 Å². The van der Waals surface area contributed by atoms with Crippen LogP contribution < -0.4 is 0 Å². The van der Waals surface area contributed by atoms with Crippen molar-refractivity contribution >= 4 is 32.6 Å². The summed E-state index contributed by atoms with van der Waals surface area (Å²) in [4.78, 5) is 10.7. The molecule has 248 valence electrons. The molecule has 53 heavy (non-hydrogen) atoms. The molecule has 0 aliphatic carbocycles. The van der Waals surface area contributed by atoms with Crippen LogP contribution in [0.3, 0.4) is 0 Å². The maximum atomic E-state index is 5.35. The van der Waals surface area contributed by atoms with Gasteiger partial charge in [0.1, 0.15) is 0 Å². The number of rotatable bonds is 6. The van der Waals surface area contributed by atoms with Gasteiger partial charge in [0.25, 0.3) is 0 Å². The van der Waals surface area contributed by atoms with Crippen LogP contribution in [-0.4, -0.2) is 14.5 Å². The van der Waals surface area contributed by atoms with Gasteiger partial charge in [-0.1, -0.05) is 182 Å². The Labute approximate surface area is 308 Å². The zero-order valence-electron chi connectivity index (χ0n) is 28.9. The fourth-order valence-electron chi connectivity index (χ4n) is 7.66. The van der Waals surface area contributed by atoms with E-state index < -0.39 is 0 Å². The van der Waals surface area contributed by atoms with Gasteiger partial charge in [-0.05, 0) is 62.4 Å². The van der Waals surface area contributed by atoms with E-state index in [2.05, 4.69) is 193 Å². The minimum Gasteiger partial charge on any atom is -0.278 e. The van der Waals surface area contributed by atoms with Gasteiger partial charge < -0.3 is 0 Å². The van der Waals surface area contributed by atoms with Gasteiger partial charge in [-0.15, -0.1) is 0 Å². The van der Waals surface area contributed by atoms with Crippen LogP contribution in [-0.2, 0) is 0 Å². The molecule has 3 nitrogen and oxygen atoms in total. The van der Waals surface area contributed by atoms with Crippen LogP contribution in [0.2, 0.25) is 0 Å². The highest BCUT2D eigenvalue weighted by atomic mass is 15.2. The molecule has 0 fully saturated rings. The van der Waals surface area contributed by atoms with Crippen molar-refractivity contribution in [3.05, 3.63) is 200 Å². The Morgan fingerprint density at radius 3 is 1.34 bits per heavy atom. The molecule has 0 N–H and O–H groups in total. The van der Waals surface area contributed by atoms with Gasteiger partial charge in [-0.3, -0.25) is 4.57 Å². The summed E-state index contributed by atoms with van der Waals surface area (Å²) in [6, 6.07) is 70.9. The molecule has 10 rings (SSSR count). The first kappa shape index (κ1) is 30.7. The molecule has 0 spiro atoms. The Bertz CT molecular complexity index is 2840. The number of benzene rings is 8. The third-order valence-corrected chi connectivity index (χ3v) is 10.2. The number of aromatic nitrogens is 3. The maximum Gasteiger partial charge on any atom is 0.235 e. The van der Waals surface area contributed by atoms with Crippen molar-refractivity contribution in [2.45, 2.75) is 0 Å². The van der Waals surface area contributed by atoms with Crippen molar-refractivity contribution in [3.63, 3.8) is 0 Å². The molecule has 0 saturated heterocycles. The van der Waals surface area contributed by atoms with Crippen molar-refractivity contribution in [1.29, 1.82) is 0 Å². The van der Waals surface area contributed by atoms with Crippen LogP contribution in [0.4, 0.5) is 0 Å². The molecular weight excluding hydrogens is 643 g/mol. The Kier molecular flexibility index (Phi) is 7.47. The Morgan fingerprint density at radius 2 is 0.755 bits per heavy atom. The molecule has 0 aliphatic rings. The molecule has 0 amide bonds. The predicted octanol–water partition coefficient (Wildman–Crippen LogP) is 13.1. The highest BCUT2D eigenvalue weighted by Crippen LogP contribution is 2.42. The van der Waals surface area contributed by atoms with Gasteiger partial charge in [-0.2, -0.15) is 0 Å². The third kappa shape index (κ3) is 5.47. The van der Waals surface area contributed by atoms with E-state index in [1.165, 1.54) is 38.4 Å². The van der Waals surface area contributed by atoms with Crippen LogP contribution in [0.15, 0.2) is 200 Å². The van der Waals surface area contributed by atoms with Gasteiger partial charge in [0.15, 0.2) is 0 Å². The number of nitrogens with zero attached hydrogens (tertiary/aromatic N) is 3. The minimum absolute atomic E-state index is 0.635. The fraction of sp³-hybridized carbons (Fsp3) is 0. The molecule has 10 aromatic rings. The summed E-state index contributed by atoms with van der Waals surface area (Å²) in [5.41, 5.74) is 13.0. The van der Waals surface area contributed by atoms with Crippen LogP contribution in [0.25, 0.3) is 94.4 Å². The average molecular weight is 676 g/mol. The number of hydrogen-bond donors (Lipinski definition) is 0. The lowest BCUT2D eigenvalue weighted by molar-refractivity contribution is 0.996. The topological polar surface area (TPSA) is 30.7 Å². The Balaban J connectivity index is 1.28. The zero-order valence-corrected chi connectivity index (χ0v) is 28.9. The lowest BCUT2D eigenvalue weighted by Crippen LogP contribution is -2.04. The summed E-state index contributed by atoms with van der Waals surface area (Å²) < 4.78 is 2.28. The van der Waals surface area contributed by atoms with E-state index in [1.54, 1.807) is 0 Å². The van der Waals surface area contributed by atoms with Gasteiger partial charge in [-0.25, -0.2) is 9.97 Å². The summed E-state index contributed by atoms with van der Waals surface area (Å²) in [7, 11) is 0. The lowest BCUT2D eigenvalue weighted by atomic mass is 9.94. The molecule has 0 aliphatic heterocycles. The van der Waals surface area contributed by atoms with Crippen molar-refractivity contribution in [2.75, 3.05) is 0 Å². The third-order valence-electron chi connectivity index (χ3n) is 10.2. The smallest absolute Gasteiger partial charge is 0.235 e. The van der Waals surface area contributed by atoms with E-state index in [-0.39, 0.29) is 0 Å². The molecule has 8 aromatic carbocycles. The van der Waals surface area contributed by atoms with Gasteiger partial charge in [0.05, 0.1) is 22.4 Å². The average Bonchev–Trinajstić information content (AvgIpc) is 3.58. The highest BCUT2D eigenvalue weighted by Gasteiger charge is 2.21.